The van der Waals surface area contributed by atoms with Gasteiger partial charge in [0.15, 0.2) is 0 Å². The molecule has 1 fully saturated rings. The number of piperidine rings is 1. The van der Waals surface area contributed by atoms with Crippen LogP contribution < -0.4 is 5.73 Å². The van der Waals surface area contributed by atoms with Gasteiger partial charge in [0.25, 0.3) is 5.91 Å². The number of likely N-dealkylation sites (tertiary alicyclic amines) is 1. The summed E-state index contributed by atoms with van der Waals surface area (Å²) in [6.45, 7) is 3.27. The fourth-order valence-corrected chi connectivity index (χ4v) is 4.25. The lowest BCUT2D eigenvalue weighted by molar-refractivity contribution is 0.0651. The number of pyridine rings is 2. The quantitative estimate of drug-likeness (QED) is 0.528. The van der Waals surface area contributed by atoms with Crippen LogP contribution >= 0.6 is 0 Å². The summed E-state index contributed by atoms with van der Waals surface area (Å²) in [7, 11) is 0. The van der Waals surface area contributed by atoms with Gasteiger partial charge in [-0.3, -0.25) is 4.79 Å². The summed E-state index contributed by atoms with van der Waals surface area (Å²) in [5.74, 6) is -0.0692. The maximum Gasteiger partial charge on any atom is 0.272 e. The van der Waals surface area contributed by atoms with E-state index in [2.05, 4.69) is 39.2 Å². The standard InChI is InChI=1S/C25H25N5O/c1-25(26)11-6-12-30(16-25)24(31)21-10-5-9-20(28-21)19-13-18-14-22(29-23(18)27-15-19)17-7-3-2-4-8-17/h2-5,7-10,13-15H,6,11-12,16,26H2,1H3,(H,27,29). The van der Waals surface area contributed by atoms with Crippen LogP contribution in [0.15, 0.2) is 66.9 Å². The second-order valence-electron chi connectivity index (χ2n) is 8.60. The zero-order valence-electron chi connectivity index (χ0n) is 17.5. The molecular formula is C25H25N5O. The Hall–Kier alpha value is -3.51. The van der Waals surface area contributed by atoms with Gasteiger partial charge in [0, 0.05) is 41.5 Å². The third-order valence-corrected chi connectivity index (χ3v) is 5.83. The Balaban J connectivity index is 1.44. The number of nitrogens with zero attached hydrogens (tertiary/aromatic N) is 3. The summed E-state index contributed by atoms with van der Waals surface area (Å²) in [4.78, 5) is 27.4. The fourth-order valence-electron chi connectivity index (χ4n) is 4.25. The molecule has 0 saturated carbocycles. The molecule has 1 atom stereocenters. The number of rotatable bonds is 3. The van der Waals surface area contributed by atoms with E-state index >= 15 is 0 Å². The minimum absolute atomic E-state index is 0.0692. The zero-order chi connectivity index (χ0) is 21.4. The summed E-state index contributed by atoms with van der Waals surface area (Å²) in [6.07, 6.45) is 3.63. The van der Waals surface area contributed by atoms with Gasteiger partial charge in [-0.2, -0.15) is 0 Å². The highest BCUT2D eigenvalue weighted by Crippen LogP contribution is 2.27. The first-order chi connectivity index (χ1) is 15.0. The summed E-state index contributed by atoms with van der Waals surface area (Å²) >= 11 is 0. The molecule has 1 amide bonds. The topological polar surface area (TPSA) is 87.9 Å². The van der Waals surface area contributed by atoms with Crippen molar-refractivity contribution in [2.75, 3.05) is 13.1 Å². The molecule has 4 aromatic rings. The monoisotopic (exact) mass is 411 g/mol. The molecule has 5 rings (SSSR count). The van der Waals surface area contributed by atoms with Crippen LogP contribution in [-0.2, 0) is 0 Å². The third kappa shape index (κ3) is 3.94. The minimum Gasteiger partial charge on any atom is -0.339 e. The van der Waals surface area contributed by atoms with Crippen molar-refractivity contribution in [3.63, 3.8) is 0 Å². The summed E-state index contributed by atoms with van der Waals surface area (Å²) in [6, 6.07) is 19.9. The molecule has 3 aromatic heterocycles. The summed E-state index contributed by atoms with van der Waals surface area (Å²) < 4.78 is 0. The Morgan fingerprint density at radius 3 is 2.74 bits per heavy atom. The minimum atomic E-state index is -0.342. The first kappa shape index (κ1) is 19.5. The van der Waals surface area contributed by atoms with Crippen LogP contribution in [0.25, 0.3) is 33.5 Å². The number of fused-ring (bicyclic) bond motifs is 1. The van der Waals surface area contributed by atoms with E-state index in [1.807, 2.05) is 42.2 Å². The number of aromatic nitrogens is 3. The summed E-state index contributed by atoms with van der Waals surface area (Å²) in [5.41, 5.74) is 10.9. The van der Waals surface area contributed by atoms with Crippen LogP contribution in [0.1, 0.15) is 30.3 Å². The molecule has 1 aliphatic rings. The number of H-pyrrole nitrogens is 1. The largest absolute Gasteiger partial charge is 0.339 e. The van der Waals surface area contributed by atoms with Crippen molar-refractivity contribution in [3.8, 4) is 22.5 Å². The number of amides is 1. The Morgan fingerprint density at radius 2 is 1.94 bits per heavy atom. The van der Waals surface area contributed by atoms with Gasteiger partial charge in [0.05, 0.1) is 5.69 Å². The van der Waals surface area contributed by atoms with Gasteiger partial charge >= 0.3 is 0 Å². The molecule has 3 N–H and O–H groups in total. The molecule has 0 radical (unpaired) electrons. The predicted octanol–water partition coefficient (Wildman–Crippen LogP) is 4.25. The highest BCUT2D eigenvalue weighted by atomic mass is 16.2. The van der Waals surface area contributed by atoms with E-state index in [4.69, 9.17) is 5.73 Å². The average molecular weight is 412 g/mol. The molecule has 31 heavy (non-hydrogen) atoms. The predicted molar refractivity (Wildman–Crippen MR) is 122 cm³/mol. The number of benzene rings is 1. The van der Waals surface area contributed by atoms with E-state index in [9.17, 15) is 4.79 Å². The van der Waals surface area contributed by atoms with Crippen molar-refractivity contribution in [2.24, 2.45) is 5.73 Å². The lowest BCUT2D eigenvalue weighted by Crippen LogP contribution is -2.53. The Labute approximate surface area is 181 Å². The number of nitrogens with one attached hydrogen (secondary N) is 1. The van der Waals surface area contributed by atoms with E-state index in [-0.39, 0.29) is 11.4 Å². The van der Waals surface area contributed by atoms with Crippen molar-refractivity contribution in [1.29, 1.82) is 0 Å². The molecule has 4 heterocycles. The van der Waals surface area contributed by atoms with Gasteiger partial charge in [-0.1, -0.05) is 36.4 Å². The number of carbonyl (C=O) groups is 1. The molecule has 1 aliphatic heterocycles. The van der Waals surface area contributed by atoms with Crippen LogP contribution in [-0.4, -0.2) is 44.4 Å². The maximum atomic E-state index is 13.0. The van der Waals surface area contributed by atoms with Crippen LogP contribution in [0.5, 0.6) is 0 Å². The van der Waals surface area contributed by atoms with Crippen molar-refractivity contribution in [3.05, 3.63) is 72.6 Å². The third-order valence-electron chi connectivity index (χ3n) is 5.83. The lowest BCUT2D eigenvalue weighted by Gasteiger charge is -2.37. The number of hydrogen-bond donors (Lipinski definition) is 2. The molecule has 1 saturated heterocycles. The summed E-state index contributed by atoms with van der Waals surface area (Å²) in [5, 5.41) is 1.00. The van der Waals surface area contributed by atoms with Gasteiger partial charge in [-0.05, 0) is 49.6 Å². The smallest absolute Gasteiger partial charge is 0.272 e. The number of hydrogen-bond acceptors (Lipinski definition) is 4. The van der Waals surface area contributed by atoms with Gasteiger partial charge in [0.1, 0.15) is 11.3 Å². The van der Waals surface area contributed by atoms with Gasteiger partial charge in [0.2, 0.25) is 0 Å². The van der Waals surface area contributed by atoms with Crippen molar-refractivity contribution >= 4 is 16.9 Å². The van der Waals surface area contributed by atoms with Crippen molar-refractivity contribution in [2.45, 2.75) is 25.3 Å². The normalized spacial score (nSPS) is 19.0. The van der Waals surface area contributed by atoms with Crippen LogP contribution in [0.4, 0.5) is 0 Å². The van der Waals surface area contributed by atoms with Crippen LogP contribution in [0, 0.1) is 0 Å². The zero-order valence-corrected chi connectivity index (χ0v) is 17.5. The Bertz CT molecular complexity index is 1250. The van der Waals surface area contributed by atoms with Crippen LogP contribution in [0.3, 0.4) is 0 Å². The Kier molecular flexibility index (Phi) is 4.79. The molecule has 1 unspecified atom stereocenters. The molecule has 1 aromatic carbocycles. The van der Waals surface area contributed by atoms with E-state index in [0.717, 1.165) is 52.9 Å². The second kappa shape index (κ2) is 7.63. The fraction of sp³-hybridized carbons (Fsp3) is 0.240. The van der Waals surface area contributed by atoms with E-state index in [1.54, 1.807) is 12.3 Å². The molecule has 6 nitrogen and oxygen atoms in total. The van der Waals surface area contributed by atoms with Crippen molar-refractivity contribution in [1.82, 2.24) is 19.9 Å². The molecule has 156 valence electrons. The molecule has 0 bridgehead atoms. The Morgan fingerprint density at radius 1 is 1.10 bits per heavy atom. The molecule has 6 heteroatoms. The second-order valence-corrected chi connectivity index (χ2v) is 8.60. The highest BCUT2D eigenvalue weighted by molar-refractivity contribution is 5.93. The van der Waals surface area contributed by atoms with Gasteiger partial charge < -0.3 is 15.6 Å². The molecule has 0 aliphatic carbocycles. The first-order valence-electron chi connectivity index (χ1n) is 10.6. The highest BCUT2D eigenvalue weighted by Gasteiger charge is 2.30. The van der Waals surface area contributed by atoms with E-state index in [0.29, 0.717) is 12.2 Å². The van der Waals surface area contributed by atoms with Crippen molar-refractivity contribution < 1.29 is 4.79 Å². The molecule has 0 spiro atoms. The van der Waals surface area contributed by atoms with E-state index in [1.165, 1.54) is 0 Å². The maximum absolute atomic E-state index is 13.0. The van der Waals surface area contributed by atoms with Crippen LogP contribution in [0.2, 0.25) is 0 Å². The number of nitrogens with two attached hydrogens (primary N) is 1. The first-order valence-corrected chi connectivity index (χ1v) is 10.6. The lowest BCUT2D eigenvalue weighted by atomic mass is 9.92. The molecular weight excluding hydrogens is 386 g/mol. The van der Waals surface area contributed by atoms with Gasteiger partial charge in [-0.25, -0.2) is 9.97 Å². The van der Waals surface area contributed by atoms with E-state index < -0.39 is 0 Å². The number of carbonyl (C=O) groups excluding carboxylic acids is 1. The SMILES string of the molecule is CC1(N)CCCN(C(=O)c2cccc(-c3cnc4[nH]c(-c5ccccc5)cc4c3)n2)C1. The number of aromatic amines is 1. The van der Waals surface area contributed by atoms with Gasteiger partial charge in [-0.15, -0.1) is 0 Å². The average Bonchev–Trinajstić information content (AvgIpc) is 3.22.